The van der Waals surface area contributed by atoms with E-state index in [1.165, 1.54) is 25.5 Å². The molecule has 3 aliphatic rings. The Morgan fingerprint density at radius 3 is 2.76 bits per heavy atom. The Balaban J connectivity index is 1.35. The normalized spacial score (nSPS) is 19.0. The van der Waals surface area contributed by atoms with Gasteiger partial charge in [-0.15, -0.1) is 0 Å². The molecule has 2 fully saturated rings. The number of fused-ring (bicyclic) bond motifs is 2. The predicted octanol–water partition coefficient (Wildman–Crippen LogP) is 3.11. The van der Waals surface area contributed by atoms with Crippen molar-refractivity contribution in [1.82, 2.24) is 19.5 Å². The molecular formula is C25H28N6O3. The standard InChI is InChI=1S/C25H28N6O3/c32-24(20-15-27-31-8-4-7-26-23(20)31)28-21-13-17-16-30(18-5-2-1-3-6-18)25(33)19(17)14-22(21)29-9-11-34-12-10-29/h4,7-8,13-15,18H,1-3,5-6,9-12,16H2,(H,28,32). The fourth-order valence-corrected chi connectivity index (χ4v) is 5.40. The van der Waals surface area contributed by atoms with Gasteiger partial charge in [0.15, 0.2) is 5.65 Å². The number of hydrogen-bond acceptors (Lipinski definition) is 6. The zero-order valence-electron chi connectivity index (χ0n) is 19.1. The topological polar surface area (TPSA) is 92.1 Å². The number of amides is 2. The van der Waals surface area contributed by atoms with E-state index in [0.29, 0.717) is 55.8 Å². The van der Waals surface area contributed by atoms with Crippen molar-refractivity contribution in [3.8, 4) is 0 Å². The molecule has 1 aromatic carbocycles. The Labute approximate surface area is 197 Å². The molecule has 0 radical (unpaired) electrons. The molecule has 9 nitrogen and oxygen atoms in total. The van der Waals surface area contributed by atoms with Crippen LogP contribution in [0.25, 0.3) is 5.65 Å². The van der Waals surface area contributed by atoms with E-state index < -0.39 is 0 Å². The Bertz CT molecular complexity index is 1240. The van der Waals surface area contributed by atoms with E-state index in [0.717, 1.165) is 29.7 Å². The number of benzene rings is 1. The van der Waals surface area contributed by atoms with Crippen molar-refractivity contribution in [3.05, 3.63) is 53.5 Å². The Kier molecular flexibility index (Phi) is 5.41. The summed E-state index contributed by atoms with van der Waals surface area (Å²) in [7, 11) is 0. The summed E-state index contributed by atoms with van der Waals surface area (Å²) < 4.78 is 7.12. The van der Waals surface area contributed by atoms with Gasteiger partial charge in [0.2, 0.25) is 0 Å². The van der Waals surface area contributed by atoms with Crippen molar-refractivity contribution in [2.75, 3.05) is 36.5 Å². The van der Waals surface area contributed by atoms with Crippen molar-refractivity contribution in [1.29, 1.82) is 0 Å². The second-order valence-electron chi connectivity index (χ2n) is 9.25. The number of hydrogen-bond donors (Lipinski definition) is 1. The predicted molar refractivity (Wildman–Crippen MR) is 127 cm³/mol. The van der Waals surface area contributed by atoms with E-state index in [4.69, 9.17) is 4.74 Å². The molecule has 3 aromatic rings. The molecule has 6 rings (SSSR count). The minimum Gasteiger partial charge on any atom is -0.378 e. The maximum Gasteiger partial charge on any atom is 0.261 e. The van der Waals surface area contributed by atoms with Crippen LogP contribution < -0.4 is 10.2 Å². The summed E-state index contributed by atoms with van der Waals surface area (Å²) in [5.74, 6) is -0.155. The third-order valence-electron chi connectivity index (χ3n) is 7.19. The van der Waals surface area contributed by atoms with Crippen LogP contribution in [-0.4, -0.2) is 63.7 Å². The van der Waals surface area contributed by atoms with Crippen LogP contribution in [0.3, 0.4) is 0 Å². The SMILES string of the molecule is O=C(Nc1cc2c(cc1N1CCOCC1)C(=O)N(C1CCCCC1)C2)c1cnn2cccnc12. The zero-order chi connectivity index (χ0) is 23.1. The first-order chi connectivity index (χ1) is 16.7. The van der Waals surface area contributed by atoms with Gasteiger partial charge in [-0.1, -0.05) is 19.3 Å². The van der Waals surface area contributed by atoms with Crippen LogP contribution >= 0.6 is 0 Å². The van der Waals surface area contributed by atoms with Gasteiger partial charge in [-0.3, -0.25) is 9.59 Å². The molecule has 0 atom stereocenters. The van der Waals surface area contributed by atoms with Gasteiger partial charge in [0.25, 0.3) is 11.8 Å². The van der Waals surface area contributed by atoms with Crippen LogP contribution in [0.4, 0.5) is 11.4 Å². The van der Waals surface area contributed by atoms with Gasteiger partial charge in [0, 0.05) is 43.6 Å². The first-order valence-corrected chi connectivity index (χ1v) is 12.1. The highest BCUT2D eigenvalue weighted by Crippen LogP contribution is 2.37. The van der Waals surface area contributed by atoms with Crippen molar-refractivity contribution < 1.29 is 14.3 Å². The number of aromatic nitrogens is 3. The van der Waals surface area contributed by atoms with Gasteiger partial charge in [-0.25, -0.2) is 9.50 Å². The third-order valence-corrected chi connectivity index (χ3v) is 7.19. The highest BCUT2D eigenvalue weighted by Gasteiger charge is 2.35. The highest BCUT2D eigenvalue weighted by atomic mass is 16.5. The van der Waals surface area contributed by atoms with Crippen LogP contribution in [0, 0.1) is 0 Å². The maximum atomic E-state index is 13.4. The van der Waals surface area contributed by atoms with E-state index in [-0.39, 0.29) is 11.8 Å². The van der Waals surface area contributed by atoms with Gasteiger partial charge in [-0.05, 0) is 36.6 Å². The summed E-state index contributed by atoms with van der Waals surface area (Å²) in [5, 5.41) is 7.33. The van der Waals surface area contributed by atoms with Crippen molar-refractivity contribution in [2.24, 2.45) is 0 Å². The van der Waals surface area contributed by atoms with Gasteiger partial charge in [0.05, 0.1) is 30.8 Å². The number of carbonyl (C=O) groups excluding carboxylic acids is 2. The van der Waals surface area contributed by atoms with Gasteiger partial charge >= 0.3 is 0 Å². The summed E-state index contributed by atoms with van der Waals surface area (Å²) in [6, 6.07) is 6.03. The summed E-state index contributed by atoms with van der Waals surface area (Å²) in [6.07, 6.45) is 10.7. The molecule has 2 aliphatic heterocycles. The maximum absolute atomic E-state index is 13.4. The molecule has 1 aliphatic carbocycles. The number of anilines is 2. The van der Waals surface area contributed by atoms with Gasteiger partial charge < -0.3 is 19.9 Å². The van der Waals surface area contributed by atoms with Gasteiger partial charge in [0.1, 0.15) is 5.56 Å². The molecule has 1 saturated heterocycles. The molecular weight excluding hydrogens is 432 g/mol. The number of nitrogens with zero attached hydrogens (tertiary/aromatic N) is 5. The fourth-order valence-electron chi connectivity index (χ4n) is 5.40. The number of rotatable bonds is 4. The Morgan fingerprint density at radius 1 is 1.12 bits per heavy atom. The second kappa shape index (κ2) is 8.72. The lowest BCUT2D eigenvalue weighted by atomic mass is 9.94. The van der Waals surface area contributed by atoms with E-state index in [1.54, 1.807) is 23.0 Å². The summed E-state index contributed by atoms with van der Waals surface area (Å²) in [6.45, 7) is 3.25. The molecule has 4 heterocycles. The quantitative estimate of drug-likeness (QED) is 0.643. The van der Waals surface area contributed by atoms with Crippen LogP contribution in [0.1, 0.15) is 58.4 Å². The van der Waals surface area contributed by atoms with Crippen LogP contribution in [0.15, 0.2) is 36.8 Å². The molecule has 34 heavy (non-hydrogen) atoms. The van der Waals surface area contributed by atoms with Crippen LogP contribution in [-0.2, 0) is 11.3 Å². The van der Waals surface area contributed by atoms with E-state index >= 15 is 0 Å². The lowest BCUT2D eigenvalue weighted by Gasteiger charge is -2.31. The minimum absolute atomic E-state index is 0.112. The number of ether oxygens (including phenoxy) is 1. The first kappa shape index (κ1) is 21.1. The van der Waals surface area contributed by atoms with Crippen molar-refractivity contribution >= 4 is 28.8 Å². The first-order valence-electron chi connectivity index (χ1n) is 12.1. The number of morpholine rings is 1. The Hall–Kier alpha value is -3.46. The fraction of sp³-hybridized carbons (Fsp3) is 0.440. The molecule has 176 valence electrons. The second-order valence-corrected chi connectivity index (χ2v) is 9.25. The molecule has 2 amide bonds. The zero-order valence-corrected chi connectivity index (χ0v) is 19.1. The monoisotopic (exact) mass is 460 g/mol. The number of carbonyl (C=O) groups is 2. The van der Waals surface area contributed by atoms with Crippen molar-refractivity contribution in [3.63, 3.8) is 0 Å². The molecule has 2 aromatic heterocycles. The minimum atomic E-state index is -0.267. The average Bonchev–Trinajstić information content (AvgIpc) is 3.46. The van der Waals surface area contributed by atoms with Crippen LogP contribution in [0.5, 0.6) is 0 Å². The summed E-state index contributed by atoms with van der Waals surface area (Å²) in [5.41, 5.74) is 4.21. The molecule has 1 N–H and O–H groups in total. The summed E-state index contributed by atoms with van der Waals surface area (Å²) >= 11 is 0. The average molecular weight is 461 g/mol. The molecule has 1 saturated carbocycles. The van der Waals surface area contributed by atoms with E-state index in [9.17, 15) is 9.59 Å². The largest absolute Gasteiger partial charge is 0.378 e. The number of nitrogens with one attached hydrogen (secondary N) is 1. The van der Waals surface area contributed by atoms with Crippen LogP contribution in [0.2, 0.25) is 0 Å². The van der Waals surface area contributed by atoms with Gasteiger partial charge in [-0.2, -0.15) is 5.10 Å². The molecule has 0 spiro atoms. The van der Waals surface area contributed by atoms with E-state index in [2.05, 4.69) is 20.3 Å². The van der Waals surface area contributed by atoms with E-state index in [1.807, 2.05) is 17.0 Å². The molecule has 0 bridgehead atoms. The highest BCUT2D eigenvalue weighted by molar-refractivity contribution is 6.10. The smallest absolute Gasteiger partial charge is 0.261 e. The third kappa shape index (κ3) is 3.69. The Morgan fingerprint density at radius 2 is 1.94 bits per heavy atom. The molecule has 9 heteroatoms. The lowest BCUT2D eigenvalue weighted by Crippen LogP contribution is -2.37. The summed E-state index contributed by atoms with van der Waals surface area (Å²) in [4.78, 5) is 35.2. The lowest BCUT2D eigenvalue weighted by molar-refractivity contribution is 0.0660. The van der Waals surface area contributed by atoms with Crippen molar-refractivity contribution in [2.45, 2.75) is 44.7 Å². The molecule has 0 unspecified atom stereocenters.